The molecule has 0 saturated heterocycles. The van der Waals surface area contributed by atoms with Gasteiger partial charge in [0.1, 0.15) is 17.4 Å². The molecule has 0 aliphatic heterocycles. The number of guanidine groups is 1. The highest BCUT2D eigenvalue weighted by Gasteiger charge is 2.03. The number of nitrogens with two attached hydrogens (primary N) is 1. The number of ether oxygens (including phenoxy) is 1. The number of aliphatic imine (C=N–C) groups is 1. The fraction of sp³-hybridized carbons (Fsp3) is 0.188. The van der Waals surface area contributed by atoms with Gasteiger partial charge in [-0.1, -0.05) is 6.07 Å². The van der Waals surface area contributed by atoms with Gasteiger partial charge in [0, 0.05) is 18.3 Å². The predicted octanol–water partition coefficient (Wildman–Crippen LogP) is 2.94. The zero-order valence-corrected chi connectivity index (χ0v) is 12.1. The van der Waals surface area contributed by atoms with Crippen molar-refractivity contribution in [3.8, 4) is 5.75 Å². The van der Waals surface area contributed by atoms with Gasteiger partial charge in [-0.3, -0.25) is 4.99 Å². The van der Waals surface area contributed by atoms with Crippen LogP contribution >= 0.6 is 0 Å². The van der Waals surface area contributed by atoms with E-state index in [0.29, 0.717) is 5.75 Å². The Morgan fingerprint density at radius 2 is 2.05 bits per heavy atom. The lowest BCUT2D eigenvalue weighted by Gasteiger charge is -2.07. The first-order valence-corrected chi connectivity index (χ1v) is 6.73. The summed E-state index contributed by atoms with van der Waals surface area (Å²) in [6.07, 6.45) is 0.268. The Hall–Kier alpha value is -2.63. The molecule has 0 saturated carbocycles. The van der Waals surface area contributed by atoms with Crippen molar-refractivity contribution in [2.24, 2.45) is 10.7 Å². The monoisotopic (exact) mass is 305 g/mol. The van der Waals surface area contributed by atoms with Crippen molar-refractivity contribution in [3.63, 3.8) is 0 Å². The molecule has 0 radical (unpaired) electrons. The van der Waals surface area contributed by atoms with E-state index >= 15 is 0 Å². The SMILES string of the molecule is COc1cccc(NC(N)=NCCc2cc(F)ccc2F)c1. The largest absolute Gasteiger partial charge is 0.497 e. The second kappa shape index (κ2) is 7.40. The number of halogens is 2. The lowest BCUT2D eigenvalue weighted by atomic mass is 10.1. The van der Waals surface area contributed by atoms with Crippen LogP contribution in [-0.4, -0.2) is 19.6 Å². The van der Waals surface area contributed by atoms with Crippen LogP contribution in [-0.2, 0) is 6.42 Å². The zero-order valence-electron chi connectivity index (χ0n) is 12.1. The van der Waals surface area contributed by atoms with Gasteiger partial charge in [-0.05, 0) is 42.3 Å². The maximum atomic E-state index is 13.4. The number of nitrogens with zero attached hydrogens (tertiary/aromatic N) is 1. The Bertz CT molecular complexity index is 674. The Labute approximate surface area is 127 Å². The lowest BCUT2D eigenvalue weighted by Crippen LogP contribution is -2.23. The van der Waals surface area contributed by atoms with E-state index in [1.54, 1.807) is 13.2 Å². The molecule has 116 valence electrons. The normalized spacial score (nSPS) is 11.3. The fourth-order valence-corrected chi connectivity index (χ4v) is 1.92. The van der Waals surface area contributed by atoms with Crippen molar-refractivity contribution in [2.45, 2.75) is 6.42 Å². The van der Waals surface area contributed by atoms with Crippen LogP contribution in [0.4, 0.5) is 14.5 Å². The van der Waals surface area contributed by atoms with E-state index in [4.69, 9.17) is 10.5 Å². The summed E-state index contributed by atoms with van der Waals surface area (Å²) in [5.41, 5.74) is 6.77. The van der Waals surface area contributed by atoms with Crippen molar-refractivity contribution in [1.82, 2.24) is 0 Å². The molecular weight excluding hydrogens is 288 g/mol. The summed E-state index contributed by atoms with van der Waals surface area (Å²) in [6.45, 7) is 0.253. The molecule has 2 rings (SSSR count). The molecule has 0 fully saturated rings. The Morgan fingerprint density at radius 1 is 1.23 bits per heavy atom. The third-order valence-corrected chi connectivity index (χ3v) is 3.01. The smallest absolute Gasteiger partial charge is 0.193 e. The molecule has 0 aliphatic rings. The van der Waals surface area contributed by atoms with Crippen molar-refractivity contribution in [1.29, 1.82) is 0 Å². The van der Waals surface area contributed by atoms with Crippen LogP contribution in [0.25, 0.3) is 0 Å². The summed E-state index contributed by atoms with van der Waals surface area (Å²) in [5, 5.41) is 2.91. The van der Waals surface area contributed by atoms with Crippen LogP contribution in [0.2, 0.25) is 0 Å². The average molecular weight is 305 g/mol. The Morgan fingerprint density at radius 3 is 2.82 bits per heavy atom. The molecular formula is C16H17F2N3O. The first kappa shape index (κ1) is 15.8. The van der Waals surface area contributed by atoms with Crippen LogP contribution in [0.3, 0.4) is 0 Å². The van der Waals surface area contributed by atoms with E-state index in [9.17, 15) is 8.78 Å². The molecule has 6 heteroatoms. The molecule has 0 aliphatic carbocycles. The summed E-state index contributed by atoms with van der Waals surface area (Å²) in [5.74, 6) is -0.0246. The van der Waals surface area contributed by atoms with Gasteiger partial charge in [-0.2, -0.15) is 0 Å². The number of hydrogen-bond donors (Lipinski definition) is 2. The van der Waals surface area contributed by atoms with E-state index in [-0.39, 0.29) is 24.5 Å². The molecule has 22 heavy (non-hydrogen) atoms. The Balaban J connectivity index is 1.93. The van der Waals surface area contributed by atoms with Gasteiger partial charge in [0.25, 0.3) is 0 Å². The molecule has 4 nitrogen and oxygen atoms in total. The number of benzene rings is 2. The minimum Gasteiger partial charge on any atom is -0.497 e. The molecule has 2 aromatic carbocycles. The van der Waals surface area contributed by atoms with Gasteiger partial charge in [-0.15, -0.1) is 0 Å². The maximum Gasteiger partial charge on any atom is 0.193 e. The Kier molecular flexibility index (Phi) is 5.30. The van der Waals surface area contributed by atoms with E-state index in [2.05, 4.69) is 10.3 Å². The summed E-state index contributed by atoms with van der Waals surface area (Å²) >= 11 is 0. The highest BCUT2D eigenvalue weighted by molar-refractivity contribution is 5.92. The quantitative estimate of drug-likeness (QED) is 0.659. The summed E-state index contributed by atoms with van der Waals surface area (Å²) in [7, 11) is 1.57. The van der Waals surface area contributed by atoms with Gasteiger partial charge in [0.15, 0.2) is 5.96 Å². The number of anilines is 1. The van der Waals surface area contributed by atoms with Gasteiger partial charge in [0.05, 0.1) is 7.11 Å². The van der Waals surface area contributed by atoms with Gasteiger partial charge in [-0.25, -0.2) is 8.78 Å². The third-order valence-electron chi connectivity index (χ3n) is 3.01. The first-order chi connectivity index (χ1) is 10.6. The number of methoxy groups -OCH3 is 1. The standard InChI is InChI=1S/C16H17F2N3O/c1-22-14-4-2-3-13(10-14)21-16(19)20-8-7-11-9-12(17)5-6-15(11)18/h2-6,9-10H,7-8H2,1H3,(H3,19,20,21). The number of rotatable bonds is 5. The van der Waals surface area contributed by atoms with Crippen molar-refractivity contribution >= 4 is 11.6 Å². The third kappa shape index (κ3) is 4.44. The minimum absolute atomic E-state index is 0.199. The molecule has 0 aromatic heterocycles. The van der Waals surface area contributed by atoms with Crippen LogP contribution in [0, 0.1) is 11.6 Å². The molecule has 0 bridgehead atoms. The average Bonchev–Trinajstić information content (AvgIpc) is 2.51. The second-order valence-corrected chi connectivity index (χ2v) is 4.61. The van der Waals surface area contributed by atoms with Crippen LogP contribution in [0.1, 0.15) is 5.56 Å². The molecule has 0 amide bonds. The summed E-state index contributed by atoms with van der Waals surface area (Å²) in [6, 6.07) is 10.6. The molecule has 0 unspecified atom stereocenters. The van der Waals surface area contributed by atoms with Crippen LogP contribution in [0.15, 0.2) is 47.5 Å². The minimum atomic E-state index is -0.470. The molecule has 2 aromatic rings. The van der Waals surface area contributed by atoms with E-state index < -0.39 is 11.6 Å². The fourth-order valence-electron chi connectivity index (χ4n) is 1.92. The van der Waals surface area contributed by atoms with E-state index in [1.165, 1.54) is 0 Å². The second-order valence-electron chi connectivity index (χ2n) is 4.61. The summed E-state index contributed by atoms with van der Waals surface area (Å²) in [4.78, 5) is 4.09. The van der Waals surface area contributed by atoms with E-state index in [0.717, 1.165) is 23.9 Å². The lowest BCUT2D eigenvalue weighted by molar-refractivity contribution is 0.415. The number of nitrogens with one attached hydrogen (secondary N) is 1. The predicted molar refractivity (Wildman–Crippen MR) is 83.2 cm³/mol. The van der Waals surface area contributed by atoms with E-state index in [1.807, 2.05) is 18.2 Å². The van der Waals surface area contributed by atoms with Crippen molar-refractivity contribution < 1.29 is 13.5 Å². The maximum absolute atomic E-state index is 13.4. The molecule has 0 atom stereocenters. The van der Waals surface area contributed by atoms with Gasteiger partial charge < -0.3 is 15.8 Å². The molecule has 0 heterocycles. The molecule has 3 N–H and O–H groups in total. The highest BCUT2D eigenvalue weighted by Crippen LogP contribution is 2.16. The number of hydrogen-bond acceptors (Lipinski definition) is 2. The summed E-state index contributed by atoms with van der Waals surface area (Å²) < 4.78 is 31.6. The zero-order chi connectivity index (χ0) is 15.9. The topological polar surface area (TPSA) is 59.6 Å². The highest BCUT2D eigenvalue weighted by atomic mass is 19.1. The van der Waals surface area contributed by atoms with Crippen LogP contribution < -0.4 is 15.8 Å². The van der Waals surface area contributed by atoms with Gasteiger partial charge in [0.2, 0.25) is 0 Å². The van der Waals surface area contributed by atoms with Gasteiger partial charge >= 0.3 is 0 Å². The van der Waals surface area contributed by atoms with Crippen LogP contribution in [0.5, 0.6) is 5.75 Å². The molecule has 0 spiro atoms. The van der Waals surface area contributed by atoms with Crippen molar-refractivity contribution in [3.05, 3.63) is 59.7 Å². The van der Waals surface area contributed by atoms with Crippen molar-refractivity contribution in [2.75, 3.05) is 19.0 Å². The first-order valence-electron chi connectivity index (χ1n) is 6.73.